The number of hydrogen-bond donors (Lipinski definition) is 0. The number of nitrogens with zero attached hydrogens (tertiary/aromatic N) is 3. The van der Waals surface area contributed by atoms with Crippen LogP contribution in [0.15, 0.2) is 54.6 Å². The third kappa shape index (κ3) is 3.31. The summed E-state index contributed by atoms with van der Waals surface area (Å²) in [6, 6.07) is 11.3. The van der Waals surface area contributed by atoms with Crippen molar-refractivity contribution >= 4 is 40.7 Å². The quantitative estimate of drug-likeness (QED) is 0.215. The first-order chi connectivity index (χ1) is 17.8. The van der Waals surface area contributed by atoms with E-state index >= 15 is 0 Å². The molecule has 0 saturated carbocycles. The van der Waals surface area contributed by atoms with E-state index in [9.17, 15) is 24.5 Å². The minimum Gasteiger partial charge on any atom is -0.495 e. The Bertz CT molecular complexity index is 1540. The molecule has 0 bridgehead atoms. The molecule has 2 atom stereocenters. The Hall–Kier alpha value is -4.64. The Balaban J connectivity index is 1.44. The van der Waals surface area contributed by atoms with Crippen LogP contribution in [0, 0.1) is 10.1 Å². The van der Waals surface area contributed by atoms with Crippen molar-refractivity contribution in [1.29, 1.82) is 0 Å². The smallest absolute Gasteiger partial charge is 0.270 e. The van der Waals surface area contributed by atoms with Crippen molar-refractivity contribution in [3.8, 4) is 17.2 Å². The summed E-state index contributed by atoms with van der Waals surface area (Å²) in [5.41, 5.74) is 0.565. The van der Waals surface area contributed by atoms with Crippen LogP contribution in [0.5, 0.6) is 17.2 Å². The summed E-state index contributed by atoms with van der Waals surface area (Å²) in [6.45, 7) is 0.0425. The largest absolute Gasteiger partial charge is 0.495 e. The number of benzene rings is 3. The third-order valence-electron chi connectivity index (χ3n) is 6.61. The van der Waals surface area contributed by atoms with Crippen LogP contribution >= 0.6 is 11.6 Å². The zero-order chi connectivity index (χ0) is 26.0. The SMILES string of the molecule is COc1ccc(N2C(=O)[C@@H](N3C(=O)c4ccc([N+](=O)[O-])cc4C3=O)[C@H]2c2ccc3c(c2)OCO3)cc1Cl. The van der Waals surface area contributed by atoms with Crippen LogP contribution in [0.25, 0.3) is 0 Å². The molecule has 0 aromatic heterocycles. The number of rotatable bonds is 5. The molecule has 3 amide bonds. The number of carbonyl (C=O) groups is 3. The fourth-order valence-corrected chi connectivity index (χ4v) is 5.11. The molecule has 3 heterocycles. The third-order valence-corrected chi connectivity index (χ3v) is 6.91. The Morgan fingerprint density at radius 1 is 0.919 bits per heavy atom. The van der Waals surface area contributed by atoms with E-state index in [0.717, 1.165) is 17.0 Å². The van der Waals surface area contributed by atoms with Gasteiger partial charge in [-0.1, -0.05) is 17.7 Å². The Labute approximate surface area is 213 Å². The number of hydrogen-bond acceptors (Lipinski definition) is 8. The number of β-lactam (4-membered cyclic amide) rings is 1. The van der Waals surface area contributed by atoms with Gasteiger partial charge in [-0.25, -0.2) is 0 Å². The Kier molecular flexibility index (Phi) is 5.06. The summed E-state index contributed by atoms with van der Waals surface area (Å²) in [5, 5.41) is 11.5. The number of imide groups is 1. The number of nitro groups is 1. The zero-order valence-corrected chi connectivity index (χ0v) is 19.8. The topological polar surface area (TPSA) is 129 Å². The molecule has 0 spiro atoms. The molecule has 3 aromatic carbocycles. The molecule has 0 unspecified atom stereocenters. The van der Waals surface area contributed by atoms with E-state index in [0.29, 0.717) is 28.5 Å². The van der Waals surface area contributed by atoms with Crippen LogP contribution in [-0.2, 0) is 4.79 Å². The van der Waals surface area contributed by atoms with Gasteiger partial charge >= 0.3 is 0 Å². The predicted molar refractivity (Wildman–Crippen MR) is 128 cm³/mol. The van der Waals surface area contributed by atoms with Crippen molar-refractivity contribution in [2.75, 3.05) is 18.8 Å². The first kappa shape index (κ1) is 22.8. The minimum absolute atomic E-state index is 0.00113. The number of amides is 3. The predicted octanol–water partition coefficient (Wildman–Crippen LogP) is 3.74. The number of carbonyl (C=O) groups excluding carboxylic acids is 3. The van der Waals surface area contributed by atoms with E-state index in [-0.39, 0.29) is 28.6 Å². The van der Waals surface area contributed by atoms with Gasteiger partial charge in [-0.05, 0) is 42.0 Å². The number of methoxy groups -OCH3 is 1. The van der Waals surface area contributed by atoms with Gasteiger partial charge in [-0.3, -0.25) is 29.4 Å². The van der Waals surface area contributed by atoms with Crippen LogP contribution < -0.4 is 19.1 Å². The molecular weight excluding hydrogens is 506 g/mol. The lowest BCUT2D eigenvalue weighted by Crippen LogP contribution is -2.67. The molecule has 3 aromatic rings. The molecule has 0 radical (unpaired) electrons. The van der Waals surface area contributed by atoms with Crippen LogP contribution in [0.2, 0.25) is 5.02 Å². The first-order valence-corrected chi connectivity index (χ1v) is 11.4. The molecule has 0 N–H and O–H groups in total. The van der Waals surface area contributed by atoms with E-state index in [4.69, 9.17) is 25.8 Å². The second kappa shape index (κ2) is 8.20. The van der Waals surface area contributed by atoms with Gasteiger partial charge in [0.15, 0.2) is 11.5 Å². The number of ether oxygens (including phenoxy) is 3. The molecule has 6 rings (SSSR count). The highest BCUT2D eigenvalue weighted by molar-refractivity contribution is 6.32. The maximum atomic E-state index is 13.6. The molecule has 3 aliphatic rings. The van der Waals surface area contributed by atoms with Crippen molar-refractivity contribution in [1.82, 2.24) is 4.90 Å². The Morgan fingerprint density at radius 3 is 2.41 bits per heavy atom. The number of non-ortho nitro benzene ring substituents is 1. The average molecular weight is 522 g/mol. The molecule has 0 aliphatic carbocycles. The summed E-state index contributed by atoms with van der Waals surface area (Å²) in [4.78, 5) is 53.1. The lowest BCUT2D eigenvalue weighted by Gasteiger charge is -2.49. The highest BCUT2D eigenvalue weighted by atomic mass is 35.5. The standard InChI is InChI=1S/C25H16ClN3O8/c1-35-18-7-4-13(10-17(18)26)27-21(12-2-6-19-20(8-12)37-11-36-19)22(25(27)32)28-23(30)15-5-3-14(29(33)34)9-16(15)24(28)31/h2-10,21-22H,11H2,1H3/t21-,22+/m1/s1. The van der Waals surface area contributed by atoms with Crippen LogP contribution in [0.4, 0.5) is 11.4 Å². The lowest BCUT2D eigenvalue weighted by molar-refractivity contribution is -0.384. The van der Waals surface area contributed by atoms with Gasteiger partial charge in [0.05, 0.1) is 34.2 Å². The number of fused-ring (bicyclic) bond motifs is 2. The summed E-state index contributed by atoms with van der Waals surface area (Å²) >= 11 is 6.31. The summed E-state index contributed by atoms with van der Waals surface area (Å²) in [6.07, 6.45) is 0. The fourth-order valence-electron chi connectivity index (χ4n) is 4.86. The first-order valence-electron chi connectivity index (χ1n) is 11.0. The lowest BCUT2D eigenvalue weighted by atomic mass is 9.86. The van der Waals surface area contributed by atoms with Gasteiger partial charge in [0.2, 0.25) is 6.79 Å². The molecular formula is C25H16ClN3O8. The number of anilines is 1. The summed E-state index contributed by atoms with van der Waals surface area (Å²) in [7, 11) is 1.47. The molecule has 186 valence electrons. The van der Waals surface area contributed by atoms with Gasteiger partial charge < -0.3 is 19.1 Å². The van der Waals surface area contributed by atoms with Crippen LogP contribution in [0.3, 0.4) is 0 Å². The maximum Gasteiger partial charge on any atom is 0.270 e. The van der Waals surface area contributed by atoms with E-state index in [2.05, 4.69) is 0 Å². The van der Waals surface area contributed by atoms with E-state index in [1.54, 1.807) is 36.4 Å². The normalized spacial score (nSPS) is 19.7. The van der Waals surface area contributed by atoms with Gasteiger partial charge in [-0.2, -0.15) is 0 Å². The van der Waals surface area contributed by atoms with Gasteiger partial charge in [0.25, 0.3) is 23.4 Å². The summed E-state index contributed by atoms with van der Waals surface area (Å²) in [5.74, 6) is -0.602. The fraction of sp³-hybridized carbons (Fsp3) is 0.160. The molecule has 1 fully saturated rings. The van der Waals surface area contributed by atoms with Crippen LogP contribution in [0.1, 0.15) is 32.3 Å². The zero-order valence-electron chi connectivity index (χ0n) is 19.0. The molecule has 37 heavy (non-hydrogen) atoms. The van der Waals surface area contributed by atoms with Gasteiger partial charge in [-0.15, -0.1) is 0 Å². The Morgan fingerprint density at radius 2 is 1.68 bits per heavy atom. The highest BCUT2D eigenvalue weighted by Gasteiger charge is 2.57. The molecule has 1 saturated heterocycles. The number of halogens is 1. The van der Waals surface area contributed by atoms with E-state index in [1.807, 2.05) is 0 Å². The second-order valence-corrected chi connectivity index (χ2v) is 8.90. The van der Waals surface area contributed by atoms with Crippen LogP contribution in [-0.4, -0.2) is 47.5 Å². The second-order valence-electron chi connectivity index (χ2n) is 8.50. The van der Waals surface area contributed by atoms with Crippen molar-refractivity contribution in [3.63, 3.8) is 0 Å². The van der Waals surface area contributed by atoms with E-state index < -0.39 is 34.7 Å². The molecule has 11 nitrogen and oxygen atoms in total. The minimum atomic E-state index is -1.20. The molecule has 12 heteroatoms. The van der Waals surface area contributed by atoms with E-state index in [1.165, 1.54) is 18.1 Å². The maximum absolute atomic E-state index is 13.6. The van der Waals surface area contributed by atoms with Gasteiger partial charge in [0, 0.05) is 17.8 Å². The summed E-state index contributed by atoms with van der Waals surface area (Å²) < 4.78 is 16.1. The van der Waals surface area contributed by atoms with Crippen molar-refractivity contribution in [3.05, 3.63) is 86.4 Å². The average Bonchev–Trinajstić information content (AvgIpc) is 3.45. The molecule has 3 aliphatic heterocycles. The van der Waals surface area contributed by atoms with Crippen molar-refractivity contribution < 1.29 is 33.5 Å². The monoisotopic (exact) mass is 521 g/mol. The van der Waals surface area contributed by atoms with Gasteiger partial charge in [0.1, 0.15) is 11.8 Å². The number of nitro benzene ring substituents is 1. The highest BCUT2D eigenvalue weighted by Crippen LogP contribution is 2.47. The van der Waals surface area contributed by atoms with Crippen molar-refractivity contribution in [2.24, 2.45) is 0 Å². The van der Waals surface area contributed by atoms with Crippen molar-refractivity contribution in [2.45, 2.75) is 12.1 Å².